The number of carbonyl (C=O) groups excluding carboxylic acids is 1. The third kappa shape index (κ3) is 2.40. The maximum absolute atomic E-state index is 12.9. The molecule has 5 nitrogen and oxygen atoms in total. The van der Waals surface area contributed by atoms with Crippen LogP contribution < -0.4 is 10.6 Å². The molecule has 25 heavy (non-hydrogen) atoms. The maximum atomic E-state index is 12.9. The van der Waals surface area contributed by atoms with E-state index in [1.54, 1.807) is 0 Å². The maximum Gasteiger partial charge on any atom is 0.224 e. The smallest absolute Gasteiger partial charge is 0.224 e. The van der Waals surface area contributed by atoms with E-state index in [0.717, 1.165) is 18.9 Å². The number of carbonyl (C=O) groups is 1. The first-order chi connectivity index (χ1) is 12.0. The van der Waals surface area contributed by atoms with E-state index in [4.69, 9.17) is 4.98 Å². The Bertz CT molecular complexity index is 821. The zero-order valence-electron chi connectivity index (χ0n) is 15.0. The van der Waals surface area contributed by atoms with Gasteiger partial charge in [0.1, 0.15) is 5.82 Å². The summed E-state index contributed by atoms with van der Waals surface area (Å²) in [6.07, 6.45) is 5.72. The number of amides is 1. The highest BCUT2D eigenvalue weighted by molar-refractivity contribution is 5.81. The first-order valence-electron chi connectivity index (χ1n) is 9.55. The van der Waals surface area contributed by atoms with Crippen LogP contribution in [0.1, 0.15) is 50.5 Å². The topological polar surface area (TPSA) is 58.4 Å². The van der Waals surface area contributed by atoms with Gasteiger partial charge in [-0.05, 0) is 70.2 Å². The minimum absolute atomic E-state index is 0.176. The van der Waals surface area contributed by atoms with E-state index in [9.17, 15) is 4.79 Å². The summed E-state index contributed by atoms with van der Waals surface area (Å²) in [6, 6.07) is 6.25. The average molecular weight is 338 g/mol. The Hall–Kier alpha value is -1.88. The molecule has 2 aromatic rings. The predicted molar refractivity (Wildman–Crippen MR) is 96.3 cm³/mol. The normalized spacial score (nSPS) is 28.6. The molecule has 3 fully saturated rings. The molecule has 132 valence electrons. The fraction of sp³-hybridized carbons (Fsp3) is 0.600. The van der Waals surface area contributed by atoms with Crippen molar-refractivity contribution < 1.29 is 4.79 Å². The van der Waals surface area contributed by atoms with Crippen LogP contribution in [0, 0.1) is 17.8 Å². The zero-order chi connectivity index (χ0) is 17.2. The second-order valence-electron chi connectivity index (χ2n) is 8.60. The van der Waals surface area contributed by atoms with Crippen LogP contribution in [0.3, 0.4) is 0 Å². The molecule has 5 heteroatoms. The molecule has 0 aromatic carbocycles. The molecule has 2 aromatic heterocycles. The summed E-state index contributed by atoms with van der Waals surface area (Å²) in [5.74, 6) is 2.93. The molecule has 2 unspecified atom stereocenters. The first-order valence-corrected chi connectivity index (χ1v) is 9.55. The van der Waals surface area contributed by atoms with E-state index < -0.39 is 5.54 Å². The number of fused-ring (bicyclic) bond motifs is 3. The van der Waals surface area contributed by atoms with Crippen LogP contribution in [0.25, 0.3) is 5.52 Å². The highest BCUT2D eigenvalue weighted by Crippen LogP contribution is 2.44. The van der Waals surface area contributed by atoms with Crippen molar-refractivity contribution in [1.29, 1.82) is 0 Å². The van der Waals surface area contributed by atoms with Gasteiger partial charge in [0.15, 0.2) is 0 Å². The number of hydrogen-bond donors (Lipinski definition) is 2. The lowest BCUT2D eigenvalue weighted by Gasteiger charge is -2.49. The molecule has 0 spiro atoms. The van der Waals surface area contributed by atoms with Crippen LogP contribution in [0.2, 0.25) is 0 Å². The largest absolute Gasteiger partial charge is 0.344 e. The Labute approximate surface area is 148 Å². The van der Waals surface area contributed by atoms with Gasteiger partial charge in [0.2, 0.25) is 5.91 Å². The number of rotatable bonds is 4. The van der Waals surface area contributed by atoms with Crippen molar-refractivity contribution in [3.63, 3.8) is 0 Å². The standard InChI is InChI=1S/C20H26N4O/c1-20(2,23-18(25)16-13-9-14(16)11-21-10-13)19-22-17(12-6-7-12)15-5-3-4-8-24(15)19/h3-5,8,12-14,16,21H,6-7,9-11H2,1-2H3,(H,23,25)/t13-,14?,16?/m1/s1. The third-order valence-electron chi connectivity index (χ3n) is 6.27. The van der Waals surface area contributed by atoms with Crippen LogP contribution in [-0.2, 0) is 10.3 Å². The molecule has 2 bridgehead atoms. The molecule has 3 heterocycles. The molecule has 1 saturated heterocycles. The molecule has 0 radical (unpaired) electrons. The average Bonchev–Trinajstić information content (AvgIpc) is 3.34. The SMILES string of the molecule is CC(C)(NC(=O)C1C2CNC[C@H]1C2)c1nc(C2CC2)c2ccccn12. The lowest BCUT2D eigenvalue weighted by molar-refractivity contribution is -0.138. The fourth-order valence-electron chi connectivity index (χ4n) is 4.78. The Balaban J connectivity index is 1.45. The predicted octanol–water partition coefficient (Wildman–Crippen LogP) is 2.42. The third-order valence-corrected chi connectivity index (χ3v) is 6.27. The molecule has 2 aliphatic carbocycles. The summed E-state index contributed by atoms with van der Waals surface area (Å²) < 4.78 is 2.16. The molecule has 2 N–H and O–H groups in total. The van der Waals surface area contributed by atoms with Gasteiger partial charge < -0.3 is 15.0 Å². The fourth-order valence-corrected chi connectivity index (χ4v) is 4.78. The van der Waals surface area contributed by atoms with Gasteiger partial charge in [-0.2, -0.15) is 0 Å². The van der Waals surface area contributed by atoms with Crippen molar-refractivity contribution in [3.05, 3.63) is 35.9 Å². The van der Waals surface area contributed by atoms with Crippen molar-refractivity contribution in [3.8, 4) is 0 Å². The number of piperidine rings is 2. The molecule has 3 aliphatic rings. The second-order valence-corrected chi connectivity index (χ2v) is 8.60. The van der Waals surface area contributed by atoms with Gasteiger partial charge in [-0.15, -0.1) is 0 Å². The molecule has 1 aliphatic heterocycles. The first kappa shape index (κ1) is 15.4. The highest BCUT2D eigenvalue weighted by atomic mass is 16.2. The zero-order valence-corrected chi connectivity index (χ0v) is 15.0. The summed E-state index contributed by atoms with van der Waals surface area (Å²) in [6.45, 7) is 6.12. The molecule has 5 rings (SSSR count). The molecular formula is C20H26N4O. The highest BCUT2D eigenvalue weighted by Gasteiger charge is 2.49. The monoisotopic (exact) mass is 338 g/mol. The van der Waals surface area contributed by atoms with Crippen LogP contribution >= 0.6 is 0 Å². The van der Waals surface area contributed by atoms with E-state index in [0.29, 0.717) is 17.8 Å². The molecule has 3 atom stereocenters. The van der Waals surface area contributed by atoms with E-state index in [2.05, 4.69) is 47.2 Å². The van der Waals surface area contributed by atoms with Gasteiger partial charge >= 0.3 is 0 Å². The Morgan fingerprint density at radius 3 is 2.72 bits per heavy atom. The lowest BCUT2D eigenvalue weighted by atomic mass is 9.61. The summed E-state index contributed by atoms with van der Waals surface area (Å²) in [4.78, 5) is 17.9. The number of nitrogens with one attached hydrogen (secondary N) is 2. The van der Waals surface area contributed by atoms with Gasteiger partial charge in [0, 0.05) is 18.0 Å². The van der Waals surface area contributed by atoms with E-state index >= 15 is 0 Å². The van der Waals surface area contributed by atoms with E-state index in [1.165, 1.54) is 30.5 Å². The van der Waals surface area contributed by atoms with Crippen LogP contribution in [0.15, 0.2) is 24.4 Å². The van der Waals surface area contributed by atoms with Crippen molar-refractivity contribution in [2.75, 3.05) is 13.1 Å². The Morgan fingerprint density at radius 2 is 2.04 bits per heavy atom. The summed E-state index contributed by atoms with van der Waals surface area (Å²) in [5.41, 5.74) is 1.90. The van der Waals surface area contributed by atoms with Crippen molar-refractivity contribution in [2.45, 2.75) is 44.6 Å². The van der Waals surface area contributed by atoms with Crippen LogP contribution in [0.5, 0.6) is 0 Å². The number of imidazole rings is 1. The van der Waals surface area contributed by atoms with Crippen LogP contribution in [0.4, 0.5) is 0 Å². The Kier molecular flexibility index (Phi) is 3.26. The number of aromatic nitrogens is 2. The summed E-state index contributed by atoms with van der Waals surface area (Å²) >= 11 is 0. The van der Waals surface area contributed by atoms with E-state index in [-0.39, 0.29) is 11.8 Å². The van der Waals surface area contributed by atoms with Crippen molar-refractivity contribution in [2.24, 2.45) is 17.8 Å². The number of nitrogens with zero attached hydrogens (tertiary/aromatic N) is 2. The lowest BCUT2D eigenvalue weighted by Crippen LogP contribution is -2.60. The molecular weight excluding hydrogens is 312 g/mol. The molecule has 2 saturated carbocycles. The quantitative estimate of drug-likeness (QED) is 0.900. The summed E-state index contributed by atoms with van der Waals surface area (Å²) in [5, 5.41) is 6.73. The minimum atomic E-state index is -0.480. The van der Waals surface area contributed by atoms with E-state index in [1.807, 2.05) is 6.07 Å². The minimum Gasteiger partial charge on any atom is -0.344 e. The van der Waals surface area contributed by atoms with Gasteiger partial charge in [0.25, 0.3) is 0 Å². The second kappa shape index (κ2) is 5.31. The van der Waals surface area contributed by atoms with Gasteiger partial charge in [-0.1, -0.05) is 6.07 Å². The van der Waals surface area contributed by atoms with Gasteiger partial charge in [0.05, 0.1) is 16.7 Å². The Morgan fingerprint density at radius 1 is 1.28 bits per heavy atom. The number of pyridine rings is 1. The molecule has 1 amide bonds. The van der Waals surface area contributed by atoms with Crippen molar-refractivity contribution in [1.82, 2.24) is 20.0 Å². The van der Waals surface area contributed by atoms with Crippen LogP contribution in [-0.4, -0.2) is 28.4 Å². The van der Waals surface area contributed by atoms with Gasteiger partial charge in [-0.3, -0.25) is 4.79 Å². The summed E-state index contributed by atoms with van der Waals surface area (Å²) in [7, 11) is 0. The number of hydrogen-bond acceptors (Lipinski definition) is 3. The van der Waals surface area contributed by atoms with Gasteiger partial charge in [-0.25, -0.2) is 4.98 Å². The van der Waals surface area contributed by atoms with Crippen molar-refractivity contribution >= 4 is 11.4 Å².